The van der Waals surface area contributed by atoms with Crippen LogP contribution in [0, 0.1) is 0 Å². The standard InChI is InChI=1S/C9H15NO4S/c11-9(8-2-1-5-14-8)10-3-6-15(12,13)7-4-10/h8H,1-7H2. The molecule has 0 aliphatic carbocycles. The van der Waals surface area contributed by atoms with Crippen LogP contribution in [0.2, 0.25) is 0 Å². The van der Waals surface area contributed by atoms with E-state index in [9.17, 15) is 13.2 Å². The van der Waals surface area contributed by atoms with Crippen LogP contribution in [-0.4, -0.2) is 56.5 Å². The molecule has 1 atom stereocenters. The zero-order chi connectivity index (χ0) is 10.9. The largest absolute Gasteiger partial charge is 0.368 e. The van der Waals surface area contributed by atoms with Crippen LogP contribution in [-0.2, 0) is 19.4 Å². The Morgan fingerprint density at radius 3 is 2.47 bits per heavy atom. The van der Waals surface area contributed by atoms with Gasteiger partial charge in [-0.15, -0.1) is 0 Å². The maximum Gasteiger partial charge on any atom is 0.251 e. The molecule has 5 nitrogen and oxygen atoms in total. The zero-order valence-corrected chi connectivity index (χ0v) is 9.33. The molecule has 2 fully saturated rings. The van der Waals surface area contributed by atoms with Gasteiger partial charge in [0.05, 0.1) is 11.5 Å². The van der Waals surface area contributed by atoms with Crippen molar-refractivity contribution in [1.29, 1.82) is 0 Å². The van der Waals surface area contributed by atoms with Crippen molar-refractivity contribution in [2.45, 2.75) is 18.9 Å². The molecule has 0 aromatic heterocycles. The quantitative estimate of drug-likeness (QED) is 0.608. The number of sulfone groups is 1. The van der Waals surface area contributed by atoms with E-state index in [0.29, 0.717) is 19.7 Å². The van der Waals surface area contributed by atoms with E-state index in [-0.39, 0.29) is 23.5 Å². The monoisotopic (exact) mass is 233 g/mol. The van der Waals surface area contributed by atoms with Crippen molar-refractivity contribution < 1.29 is 17.9 Å². The lowest BCUT2D eigenvalue weighted by atomic mass is 10.2. The first kappa shape index (κ1) is 10.9. The molecule has 0 radical (unpaired) electrons. The molecule has 2 rings (SSSR count). The molecule has 1 amide bonds. The third-order valence-corrected chi connectivity index (χ3v) is 4.47. The van der Waals surface area contributed by atoms with Crippen molar-refractivity contribution in [3.05, 3.63) is 0 Å². The number of nitrogens with zero attached hydrogens (tertiary/aromatic N) is 1. The smallest absolute Gasteiger partial charge is 0.251 e. The molecule has 2 aliphatic rings. The first-order chi connectivity index (χ1) is 7.08. The van der Waals surface area contributed by atoms with Gasteiger partial charge >= 0.3 is 0 Å². The topological polar surface area (TPSA) is 63.7 Å². The van der Waals surface area contributed by atoms with Gasteiger partial charge in [0.2, 0.25) is 0 Å². The summed E-state index contributed by atoms with van der Waals surface area (Å²) in [7, 11) is -2.91. The summed E-state index contributed by atoms with van der Waals surface area (Å²) >= 11 is 0. The Balaban J connectivity index is 1.92. The van der Waals surface area contributed by atoms with Crippen LogP contribution in [0.25, 0.3) is 0 Å². The van der Waals surface area contributed by atoms with Crippen molar-refractivity contribution >= 4 is 15.7 Å². The van der Waals surface area contributed by atoms with Crippen molar-refractivity contribution in [2.75, 3.05) is 31.2 Å². The summed E-state index contributed by atoms with van der Waals surface area (Å²) in [6, 6.07) is 0. The van der Waals surface area contributed by atoms with Crippen LogP contribution in [0.3, 0.4) is 0 Å². The molecular formula is C9H15NO4S. The minimum atomic E-state index is -2.91. The first-order valence-corrected chi connectivity index (χ1v) is 7.01. The van der Waals surface area contributed by atoms with Crippen LogP contribution >= 0.6 is 0 Å². The summed E-state index contributed by atoms with van der Waals surface area (Å²) in [6.07, 6.45) is 1.36. The van der Waals surface area contributed by atoms with Gasteiger partial charge in [0.25, 0.3) is 5.91 Å². The Bertz CT molecular complexity index is 331. The number of carbonyl (C=O) groups excluding carboxylic acids is 1. The lowest BCUT2D eigenvalue weighted by Crippen LogP contribution is -2.47. The van der Waals surface area contributed by atoms with E-state index in [4.69, 9.17) is 4.74 Å². The van der Waals surface area contributed by atoms with Gasteiger partial charge in [-0.1, -0.05) is 0 Å². The number of rotatable bonds is 1. The predicted molar refractivity (Wildman–Crippen MR) is 54.2 cm³/mol. The van der Waals surface area contributed by atoms with Crippen LogP contribution in [0.15, 0.2) is 0 Å². The minimum absolute atomic E-state index is 0.0394. The SMILES string of the molecule is O=C(C1CCCO1)N1CCS(=O)(=O)CC1. The summed E-state index contributed by atoms with van der Waals surface area (Å²) in [5, 5.41) is 0. The summed E-state index contributed by atoms with van der Waals surface area (Å²) < 4.78 is 27.6. The van der Waals surface area contributed by atoms with Crippen molar-refractivity contribution in [2.24, 2.45) is 0 Å². The lowest BCUT2D eigenvalue weighted by Gasteiger charge is -2.28. The second-order valence-corrected chi connectivity index (χ2v) is 6.28. The average molecular weight is 233 g/mol. The van der Waals surface area contributed by atoms with Crippen LogP contribution < -0.4 is 0 Å². The molecule has 0 aromatic rings. The maximum absolute atomic E-state index is 11.8. The molecule has 86 valence electrons. The van der Waals surface area contributed by atoms with Gasteiger partial charge < -0.3 is 9.64 Å². The van der Waals surface area contributed by atoms with E-state index >= 15 is 0 Å². The molecule has 0 saturated carbocycles. The number of hydrogen-bond acceptors (Lipinski definition) is 4. The van der Waals surface area contributed by atoms with E-state index in [1.54, 1.807) is 4.90 Å². The van der Waals surface area contributed by atoms with Gasteiger partial charge in [-0.05, 0) is 12.8 Å². The van der Waals surface area contributed by atoms with Crippen molar-refractivity contribution in [3.63, 3.8) is 0 Å². The highest BCUT2D eigenvalue weighted by Gasteiger charge is 2.31. The Hall–Kier alpha value is -0.620. The summed E-state index contributed by atoms with van der Waals surface area (Å²) in [4.78, 5) is 13.4. The Labute approximate surface area is 89.3 Å². The molecule has 0 spiro atoms. The number of amides is 1. The lowest BCUT2D eigenvalue weighted by molar-refractivity contribution is -0.140. The van der Waals surface area contributed by atoms with Crippen LogP contribution in [0.1, 0.15) is 12.8 Å². The highest BCUT2D eigenvalue weighted by atomic mass is 32.2. The third-order valence-electron chi connectivity index (χ3n) is 2.86. The molecule has 2 heterocycles. The Morgan fingerprint density at radius 2 is 1.93 bits per heavy atom. The fraction of sp³-hybridized carbons (Fsp3) is 0.889. The molecule has 0 bridgehead atoms. The molecule has 0 aromatic carbocycles. The van der Waals surface area contributed by atoms with E-state index in [1.807, 2.05) is 0 Å². The van der Waals surface area contributed by atoms with E-state index in [2.05, 4.69) is 0 Å². The fourth-order valence-corrected chi connectivity index (χ4v) is 3.11. The number of hydrogen-bond donors (Lipinski definition) is 0. The molecule has 15 heavy (non-hydrogen) atoms. The van der Waals surface area contributed by atoms with Crippen molar-refractivity contribution in [1.82, 2.24) is 4.90 Å². The number of carbonyl (C=O) groups is 1. The van der Waals surface area contributed by atoms with E-state index in [0.717, 1.165) is 12.8 Å². The first-order valence-electron chi connectivity index (χ1n) is 5.19. The zero-order valence-electron chi connectivity index (χ0n) is 8.52. The summed E-state index contributed by atoms with van der Waals surface area (Å²) in [6.45, 7) is 1.28. The normalized spacial score (nSPS) is 30.4. The van der Waals surface area contributed by atoms with Gasteiger partial charge in [0.1, 0.15) is 6.10 Å². The van der Waals surface area contributed by atoms with Gasteiger partial charge in [0.15, 0.2) is 9.84 Å². The Morgan fingerprint density at radius 1 is 1.27 bits per heavy atom. The molecule has 2 saturated heterocycles. The highest BCUT2D eigenvalue weighted by Crippen LogP contribution is 2.16. The highest BCUT2D eigenvalue weighted by molar-refractivity contribution is 7.91. The minimum Gasteiger partial charge on any atom is -0.368 e. The second-order valence-electron chi connectivity index (χ2n) is 3.98. The van der Waals surface area contributed by atoms with E-state index < -0.39 is 9.84 Å². The molecule has 1 unspecified atom stereocenters. The molecule has 6 heteroatoms. The van der Waals surface area contributed by atoms with Crippen molar-refractivity contribution in [3.8, 4) is 0 Å². The van der Waals surface area contributed by atoms with Crippen LogP contribution in [0.4, 0.5) is 0 Å². The maximum atomic E-state index is 11.8. The van der Waals surface area contributed by atoms with Gasteiger partial charge in [-0.2, -0.15) is 0 Å². The van der Waals surface area contributed by atoms with Crippen LogP contribution in [0.5, 0.6) is 0 Å². The second kappa shape index (κ2) is 4.09. The van der Waals surface area contributed by atoms with Gasteiger partial charge in [-0.25, -0.2) is 8.42 Å². The third kappa shape index (κ3) is 2.49. The van der Waals surface area contributed by atoms with Gasteiger partial charge in [-0.3, -0.25) is 4.79 Å². The predicted octanol–water partition coefficient (Wildman–Crippen LogP) is -0.578. The number of ether oxygens (including phenoxy) is 1. The van der Waals surface area contributed by atoms with Gasteiger partial charge in [0, 0.05) is 19.7 Å². The molecule has 2 aliphatic heterocycles. The Kier molecular flexibility index (Phi) is 2.97. The molecular weight excluding hydrogens is 218 g/mol. The average Bonchev–Trinajstić information content (AvgIpc) is 2.69. The fourth-order valence-electron chi connectivity index (χ4n) is 1.91. The summed E-state index contributed by atoms with van der Waals surface area (Å²) in [5.74, 6) is 0.138. The molecule has 0 N–H and O–H groups in total. The van der Waals surface area contributed by atoms with E-state index in [1.165, 1.54) is 0 Å². The summed E-state index contributed by atoms with van der Waals surface area (Å²) in [5.41, 5.74) is 0.